The molecule has 0 heterocycles. The zero-order valence-electron chi connectivity index (χ0n) is 17.6. The van der Waals surface area contributed by atoms with E-state index >= 15 is 0 Å². The van der Waals surface area contributed by atoms with Crippen LogP contribution in [0, 0.1) is 11.2 Å². The van der Waals surface area contributed by atoms with Crippen LogP contribution in [-0.4, -0.2) is 30.7 Å². The Balaban J connectivity index is 0.00000341. The minimum atomic E-state index is -0.439. The van der Waals surface area contributed by atoms with Crippen LogP contribution in [0.15, 0.2) is 66.7 Å². The maximum Gasteiger partial charge on any atom is 1.00 e. The van der Waals surface area contributed by atoms with Gasteiger partial charge in [0, 0.05) is 35.9 Å². The van der Waals surface area contributed by atoms with Crippen LogP contribution in [0.25, 0.3) is 5.32 Å². The van der Waals surface area contributed by atoms with Crippen LogP contribution in [0.4, 0.5) is 15.8 Å². The van der Waals surface area contributed by atoms with Crippen molar-refractivity contribution in [1.82, 2.24) is 4.90 Å². The number of carbonyl (C=O) groups is 1. The van der Waals surface area contributed by atoms with Crippen molar-refractivity contribution in [3.05, 3.63) is 99.6 Å². The third-order valence-electron chi connectivity index (χ3n) is 4.44. The molecule has 5 nitrogen and oxygen atoms in total. The van der Waals surface area contributed by atoms with Gasteiger partial charge in [0.2, 0.25) is 0 Å². The maximum atomic E-state index is 14.5. The number of amidine groups is 1. The molecule has 1 amide bonds. The predicted molar refractivity (Wildman–Crippen MR) is 119 cm³/mol. The van der Waals surface area contributed by atoms with E-state index in [0.29, 0.717) is 33.1 Å². The summed E-state index contributed by atoms with van der Waals surface area (Å²) in [4.78, 5) is 14.3. The van der Waals surface area contributed by atoms with Crippen LogP contribution in [0.3, 0.4) is 0 Å². The summed E-state index contributed by atoms with van der Waals surface area (Å²) in [5.74, 6) is -0.528. The summed E-state index contributed by atoms with van der Waals surface area (Å²) >= 11 is 5.87. The minimum absolute atomic E-state index is 0. The molecule has 2 N–H and O–H groups in total. The van der Waals surface area contributed by atoms with Gasteiger partial charge in [-0.2, -0.15) is 0 Å². The largest absolute Gasteiger partial charge is 1.00 e. The van der Waals surface area contributed by atoms with Gasteiger partial charge in [0.05, 0.1) is 0 Å². The number of benzene rings is 3. The third-order valence-corrected chi connectivity index (χ3v) is 4.70. The van der Waals surface area contributed by atoms with Gasteiger partial charge in [-0.25, -0.2) is 4.39 Å². The van der Waals surface area contributed by atoms with E-state index in [4.69, 9.17) is 17.0 Å². The second kappa shape index (κ2) is 11.8. The first-order chi connectivity index (χ1) is 14.3. The minimum Gasteiger partial charge on any atom is -0.680 e. The fraction of sp³-hybridized carbons (Fsp3) is 0.130. The molecule has 3 aromatic carbocycles. The molecule has 8 heteroatoms. The first-order valence-electron chi connectivity index (χ1n) is 9.23. The van der Waals surface area contributed by atoms with Crippen molar-refractivity contribution >= 4 is 34.7 Å². The SMILES string of the molecule is CN(C)C(=N)c1ccc(C[N-]c2ccccc2C(=O)Nc2ccc(Cl)cc2)c(F)c1.[K+]. The summed E-state index contributed by atoms with van der Waals surface area (Å²) in [6.07, 6.45) is 0. The van der Waals surface area contributed by atoms with Crippen molar-refractivity contribution in [2.24, 2.45) is 0 Å². The number of nitrogens with one attached hydrogen (secondary N) is 2. The van der Waals surface area contributed by atoms with Crippen molar-refractivity contribution < 1.29 is 60.6 Å². The van der Waals surface area contributed by atoms with Gasteiger partial charge in [0.25, 0.3) is 5.91 Å². The summed E-state index contributed by atoms with van der Waals surface area (Å²) in [5.41, 5.74) is 2.35. The van der Waals surface area contributed by atoms with Crippen molar-refractivity contribution in [3.8, 4) is 0 Å². The quantitative estimate of drug-likeness (QED) is 0.336. The number of anilines is 1. The molecule has 0 fully saturated rings. The zero-order chi connectivity index (χ0) is 21.7. The van der Waals surface area contributed by atoms with Crippen molar-refractivity contribution in [3.63, 3.8) is 0 Å². The number of rotatable bonds is 6. The van der Waals surface area contributed by atoms with E-state index in [1.807, 2.05) is 0 Å². The van der Waals surface area contributed by atoms with Crippen LogP contribution < -0.4 is 56.7 Å². The molecule has 0 aromatic heterocycles. The molecule has 3 rings (SSSR count). The number of amides is 1. The van der Waals surface area contributed by atoms with Gasteiger partial charge in [-0.15, -0.1) is 12.2 Å². The second-order valence-electron chi connectivity index (χ2n) is 6.84. The van der Waals surface area contributed by atoms with Gasteiger partial charge in [0.1, 0.15) is 11.7 Å². The number of carbonyl (C=O) groups excluding carboxylic acids is 1. The van der Waals surface area contributed by atoms with Crippen LogP contribution in [0.1, 0.15) is 21.5 Å². The normalized spacial score (nSPS) is 10.1. The van der Waals surface area contributed by atoms with E-state index in [0.717, 1.165) is 0 Å². The topological polar surface area (TPSA) is 70.3 Å². The van der Waals surface area contributed by atoms with Gasteiger partial charge in [0.15, 0.2) is 0 Å². The molecule has 0 radical (unpaired) electrons. The summed E-state index contributed by atoms with van der Waals surface area (Å²) in [6, 6.07) is 18.3. The Morgan fingerprint density at radius 1 is 1.10 bits per heavy atom. The molecule has 3 aromatic rings. The Kier molecular flexibility index (Phi) is 9.68. The predicted octanol–water partition coefficient (Wildman–Crippen LogP) is 2.83. The average Bonchev–Trinajstić information content (AvgIpc) is 2.74. The molecule has 0 aliphatic heterocycles. The number of para-hydroxylation sites is 1. The third kappa shape index (κ3) is 6.87. The zero-order valence-corrected chi connectivity index (χ0v) is 21.5. The summed E-state index contributed by atoms with van der Waals surface area (Å²) < 4.78 is 14.5. The molecule has 154 valence electrons. The van der Waals surface area contributed by atoms with Gasteiger partial charge in [-0.3, -0.25) is 10.2 Å². The Morgan fingerprint density at radius 2 is 1.77 bits per heavy atom. The van der Waals surface area contributed by atoms with Crippen LogP contribution >= 0.6 is 11.6 Å². The fourth-order valence-electron chi connectivity index (χ4n) is 2.79. The van der Waals surface area contributed by atoms with E-state index < -0.39 is 5.82 Å². The smallest absolute Gasteiger partial charge is 0.680 e. The van der Waals surface area contributed by atoms with Crippen molar-refractivity contribution in [2.45, 2.75) is 6.54 Å². The van der Waals surface area contributed by atoms with Crippen LogP contribution in [-0.2, 0) is 6.54 Å². The molecule has 0 aliphatic carbocycles. The monoisotopic (exact) mass is 462 g/mol. The van der Waals surface area contributed by atoms with Gasteiger partial charge in [-0.05, 0) is 35.9 Å². The summed E-state index contributed by atoms with van der Waals surface area (Å²) in [6.45, 7) is 0.0760. The molecule has 0 aliphatic rings. The number of halogens is 2. The maximum absolute atomic E-state index is 14.5. The van der Waals surface area contributed by atoms with Gasteiger partial charge in [-0.1, -0.05) is 48.0 Å². The van der Waals surface area contributed by atoms with E-state index in [2.05, 4.69) is 10.6 Å². The van der Waals surface area contributed by atoms with Crippen LogP contribution in [0.5, 0.6) is 0 Å². The Labute approximate surface area is 228 Å². The standard InChI is InChI=1S/C23H22ClFN4O.K/c1-29(2)22(26)15-7-8-16(20(25)13-15)14-27-21-6-4-3-5-19(21)23(30)28-18-11-9-17(24)10-12-18;/h3-13,26H,14H2,1-2H3,(H2,27,28,30);/q;+1/p-1. The van der Waals surface area contributed by atoms with Crippen molar-refractivity contribution in [1.29, 1.82) is 5.41 Å². The number of hydrogen-bond acceptors (Lipinski definition) is 2. The molecule has 0 saturated heterocycles. The summed E-state index contributed by atoms with van der Waals surface area (Å²) in [5, 5.41) is 15.8. The molecule has 0 unspecified atom stereocenters. The molecular formula is C23H21ClFKN4O. The van der Waals surface area contributed by atoms with Crippen LogP contribution in [0.2, 0.25) is 5.02 Å². The molecular weight excluding hydrogens is 442 g/mol. The summed E-state index contributed by atoms with van der Waals surface area (Å²) in [7, 11) is 3.46. The van der Waals surface area contributed by atoms with Crippen molar-refractivity contribution in [2.75, 3.05) is 19.4 Å². The first-order valence-corrected chi connectivity index (χ1v) is 9.61. The van der Waals surface area contributed by atoms with Gasteiger partial charge < -0.3 is 15.5 Å². The van der Waals surface area contributed by atoms with Gasteiger partial charge >= 0.3 is 51.4 Å². The Hall–Kier alpha value is -1.74. The Morgan fingerprint density at radius 3 is 2.42 bits per heavy atom. The fourth-order valence-corrected chi connectivity index (χ4v) is 2.91. The first kappa shape index (κ1) is 25.5. The van der Waals surface area contributed by atoms with E-state index in [1.54, 1.807) is 79.7 Å². The number of nitrogens with zero attached hydrogens (tertiary/aromatic N) is 2. The molecule has 0 saturated carbocycles. The van der Waals surface area contributed by atoms with E-state index in [1.165, 1.54) is 6.07 Å². The number of hydrogen-bond donors (Lipinski definition) is 2. The molecule has 0 bridgehead atoms. The van der Waals surface area contributed by atoms with E-state index in [9.17, 15) is 9.18 Å². The second-order valence-corrected chi connectivity index (χ2v) is 7.28. The van der Waals surface area contributed by atoms with E-state index in [-0.39, 0.29) is 69.7 Å². The molecule has 31 heavy (non-hydrogen) atoms. The molecule has 0 atom stereocenters. The average molecular weight is 463 g/mol. The Bertz CT molecular complexity index is 1070. The molecule has 0 spiro atoms.